The van der Waals surface area contributed by atoms with Gasteiger partial charge in [-0.15, -0.1) is 0 Å². The molecular formula is C14H22N2O2. The Bertz CT molecular complexity index is 365. The van der Waals surface area contributed by atoms with E-state index in [2.05, 4.69) is 16.4 Å². The molecule has 0 aromatic carbocycles. The molecule has 1 saturated carbocycles. The Labute approximate surface area is 109 Å². The van der Waals surface area contributed by atoms with Crippen molar-refractivity contribution in [3.05, 3.63) is 23.9 Å². The Morgan fingerprint density at radius 1 is 1.39 bits per heavy atom. The number of ether oxygens (including phenoxy) is 2. The normalized spacial score (nSPS) is 15.1. The van der Waals surface area contributed by atoms with Crippen LogP contribution >= 0.6 is 0 Å². The van der Waals surface area contributed by atoms with Crippen LogP contribution in [0, 0.1) is 0 Å². The van der Waals surface area contributed by atoms with E-state index in [1.807, 2.05) is 19.9 Å². The lowest BCUT2D eigenvalue weighted by Gasteiger charge is -2.12. The maximum absolute atomic E-state index is 5.66. The van der Waals surface area contributed by atoms with E-state index in [1.165, 1.54) is 12.8 Å². The highest BCUT2D eigenvalue weighted by molar-refractivity contribution is 5.25. The smallest absolute Gasteiger partial charge is 0.217 e. The van der Waals surface area contributed by atoms with Crippen LogP contribution in [0.5, 0.6) is 5.88 Å². The molecule has 0 bridgehead atoms. The molecule has 1 aliphatic rings. The summed E-state index contributed by atoms with van der Waals surface area (Å²) in [5, 5.41) is 3.47. The van der Waals surface area contributed by atoms with Gasteiger partial charge >= 0.3 is 0 Å². The molecule has 0 saturated heterocycles. The Morgan fingerprint density at radius 3 is 2.94 bits per heavy atom. The van der Waals surface area contributed by atoms with Gasteiger partial charge in [-0.05, 0) is 32.8 Å². The minimum absolute atomic E-state index is 0.244. The SMILES string of the molecule is CC(C)OCCOc1ncccc1CNC1CC1. The molecule has 4 heteroatoms. The van der Waals surface area contributed by atoms with Gasteiger partial charge in [0.1, 0.15) is 6.61 Å². The zero-order valence-corrected chi connectivity index (χ0v) is 11.2. The molecule has 100 valence electrons. The van der Waals surface area contributed by atoms with E-state index >= 15 is 0 Å². The van der Waals surface area contributed by atoms with Crippen molar-refractivity contribution in [2.24, 2.45) is 0 Å². The monoisotopic (exact) mass is 250 g/mol. The fraction of sp³-hybridized carbons (Fsp3) is 0.643. The first kappa shape index (κ1) is 13.3. The molecule has 0 unspecified atom stereocenters. The predicted octanol–water partition coefficient (Wildman–Crippen LogP) is 2.14. The molecule has 1 N–H and O–H groups in total. The van der Waals surface area contributed by atoms with Gasteiger partial charge in [-0.2, -0.15) is 0 Å². The zero-order valence-electron chi connectivity index (χ0n) is 11.2. The maximum atomic E-state index is 5.66. The average molecular weight is 250 g/mol. The van der Waals surface area contributed by atoms with Crippen LogP contribution < -0.4 is 10.1 Å². The number of pyridine rings is 1. The van der Waals surface area contributed by atoms with Crippen molar-refractivity contribution < 1.29 is 9.47 Å². The maximum Gasteiger partial charge on any atom is 0.217 e. The summed E-state index contributed by atoms with van der Waals surface area (Å²) < 4.78 is 11.1. The highest BCUT2D eigenvalue weighted by Crippen LogP contribution is 2.21. The summed E-state index contributed by atoms with van der Waals surface area (Å²) in [7, 11) is 0. The van der Waals surface area contributed by atoms with Gasteiger partial charge in [0.05, 0.1) is 12.7 Å². The summed E-state index contributed by atoms with van der Waals surface area (Å²) in [4.78, 5) is 4.28. The van der Waals surface area contributed by atoms with Crippen molar-refractivity contribution in [1.29, 1.82) is 0 Å². The molecule has 1 heterocycles. The van der Waals surface area contributed by atoms with Crippen LogP contribution in [0.25, 0.3) is 0 Å². The largest absolute Gasteiger partial charge is 0.475 e. The predicted molar refractivity (Wildman–Crippen MR) is 70.7 cm³/mol. The second-order valence-corrected chi connectivity index (χ2v) is 4.89. The van der Waals surface area contributed by atoms with E-state index < -0.39 is 0 Å². The molecular weight excluding hydrogens is 228 g/mol. The van der Waals surface area contributed by atoms with Gasteiger partial charge in [0.2, 0.25) is 5.88 Å². The Hall–Kier alpha value is -1.13. The lowest BCUT2D eigenvalue weighted by atomic mass is 10.2. The van der Waals surface area contributed by atoms with Crippen LogP contribution in [0.1, 0.15) is 32.3 Å². The molecule has 0 aliphatic heterocycles. The third-order valence-corrected chi connectivity index (χ3v) is 2.78. The first-order valence-corrected chi connectivity index (χ1v) is 6.67. The molecule has 2 rings (SSSR count). The van der Waals surface area contributed by atoms with E-state index in [0.29, 0.717) is 19.3 Å². The van der Waals surface area contributed by atoms with Crippen molar-refractivity contribution in [1.82, 2.24) is 10.3 Å². The summed E-state index contributed by atoms with van der Waals surface area (Å²) in [5.41, 5.74) is 1.12. The van der Waals surface area contributed by atoms with Crippen molar-refractivity contribution in [2.45, 2.75) is 45.4 Å². The van der Waals surface area contributed by atoms with Crippen LogP contribution in [0.4, 0.5) is 0 Å². The van der Waals surface area contributed by atoms with Crippen LogP contribution in [-0.2, 0) is 11.3 Å². The molecule has 0 amide bonds. The Morgan fingerprint density at radius 2 is 2.22 bits per heavy atom. The zero-order chi connectivity index (χ0) is 12.8. The van der Waals surface area contributed by atoms with Gasteiger partial charge in [-0.3, -0.25) is 0 Å². The summed E-state index contributed by atoms with van der Waals surface area (Å²) in [6.07, 6.45) is 4.59. The number of nitrogens with one attached hydrogen (secondary N) is 1. The van der Waals surface area contributed by atoms with Crippen LogP contribution in [-0.4, -0.2) is 30.3 Å². The van der Waals surface area contributed by atoms with Crippen molar-refractivity contribution >= 4 is 0 Å². The van der Waals surface area contributed by atoms with Gasteiger partial charge in [0.15, 0.2) is 0 Å². The fourth-order valence-electron chi connectivity index (χ4n) is 1.65. The summed E-state index contributed by atoms with van der Waals surface area (Å²) in [5.74, 6) is 0.720. The molecule has 1 fully saturated rings. The van der Waals surface area contributed by atoms with Gasteiger partial charge in [-0.1, -0.05) is 6.07 Å². The Balaban J connectivity index is 1.78. The molecule has 18 heavy (non-hydrogen) atoms. The molecule has 1 aromatic heterocycles. The first-order valence-electron chi connectivity index (χ1n) is 6.67. The van der Waals surface area contributed by atoms with E-state index in [9.17, 15) is 0 Å². The summed E-state index contributed by atoms with van der Waals surface area (Å²) in [6, 6.07) is 4.70. The highest BCUT2D eigenvalue weighted by atomic mass is 16.5. The van der Waals surface area contributed by atoms with Crippen molar-refractivity contribution in [3.63, 3.8) is 0 Å². The molecule has 0 spiro atoms. The number of aromatic nitrogens is 1. The lowest BCUT2D eigenvalue weighted by Crippen LogP contribution is -2.17. The van der Waals surface area contributed by atoms with E-state index in [-0.39, 0.29) is 6.10 Å². The number of hydrogen-bond acceptors (Lipinski definition) is 4. The van der Waals surface area contributed by atoms with Gasteiger partial charge in [-0.25, -0.2) is 4.98 Å². The average Bonchev–Trinajstić information content (AvgIpc) is 3.17. The van der Waals surface area contributed by atoms with Crippen molar-refractivity contribution in [2.75, 3.05) is 13.2 Å². The van der Waals surface area contributed by atoms with E-state index in [1.54, 1.807) is 6.20 Å². The van der Waals surface area contributed by atoms with Gasteiger partial charge in [0.25, 0.3) is 0 Å². The molecule has 0 radical (unpaired) electrons. The highest BCUT2D eigenvalue weighted by Gasteiger charge is 2.20. The summed E-state index contributed by atoms with van der Waals surface area (Å²) >= 11 is 0. The van der Waals surface area contributed by atoms with Gasteiger partial charge < -0.3 is 14.8 Å². The van der Waals surface area contributed by atoms with Gasteiger partial charge in [0, 0.05) is 24.3 Å². The quantitative estimate of drug-likeness (QED) is 0.718. The summed E-state index contributed by atoms with van der Waals surface area (Å²) in [6.45, 7) is 6.02. The van der Waals surface area contributed by atoms with Crippen LogP contribution in [0.3, 0.4) is 0 Å². The molecule has 4 nitrogen and oxygen atoms in total. The molecule has 1 aliphatic carbocycles. The third kappa shape index (κ3) is 4.63. The number of nitrogens with zero attached hydrogens (tertiary/aromatic N) is 1. The minimum Gasteiger partial charge on any atom is -0.475 e. The standard InChI is InChI=1S/C14H22N2O2/c1-11(2)17-8-9-18-14-12(4-3-7-15-14)10-16-13-5-6-13/h3-4,7,11,13,16H,5-6,8-10H2,1-2H3. The second-order valence-electron chi connectivity index (χ2n) is 4.89. The third-order valence-electron chi connectivity index (χ3n) is 2.78. The van der Waals surface area contributed by atoms with Crippen LogP contribution in [0.2, 0.25) is 0 Å². The first-order chi connectivity index (χ1) is 8.75. The fourth-order valence-corrected chi connectivity index (χ4v) is 1.65. The Kier molecular flexibility index (Phi) is 4.96. The minimum atomic E-state index is 0.244. The molecule has 1 aromatic rings. The van der Waals surface area contributed by atoms with Crippen LogP contribution in [0.15, 0.2) is 18.3 Å². The number of rotatable bonds is 8. The topological polar surface area (TPSA) is 43.4 Å². The lowest BCUT2D eigenvalue weighted by molar-refractivity contribution is 0.0540. The van der Waals surface area contributed by atoms with E-state index in [4.69, 9.17) is 9.47 Å². The van der Waals surface area contributed by atoms with Crippen molar-refractivity contribution in [3.8, 4) is 5.88 Å². The second kappa shape index (κ2) is 6.71. The van der Waals surface area contributed by atoms with E-state index in [0.717, 1.165) is 18.0 Å². The molecule has 0 atom stereocenters. The number of hydrogen-bond donors (Lipinski definition) is 1.